The van der Waals surface area contributed by atoms with Gasteiger partial charge in [-0.15, -0.1) is 5.54 Å². The Kier molecular flexibility index (Phi) is 5.46. The van der Waals surface area contributed by atoms with Gasteiger partial charge in [-0.25, -0.2) is 0 Å². The van der Waals surface area contributed by atoms with Crippen LogP contribution in [0.25, 0.3) is 22.3 Å². The fourth-order valence-electron chi connectivity index (χ4n) is 2.50. The normalized spacial score (nSPS) is 10.9. The van der Waals surface area contributed by atoms with Gasteiger partial charge in [-0.3, -0.25) is 0 Å². The molecule has 0 heterocycles. The van der Waals surface area contributed by atoms with Gasteiger partial charge in [-0.1, -0.05) is 74.1 Å². The summed E-state index contributed by atoms with van der Waals surface area (Å²) in [5.41, 5.74) is 9.48. The van der Waals surface area contributed by atoms with Crippen molar-refractivity contribution < 1.29 is 0 Å². The van der Waals surface area contributed by atoms with Gasteiger partial charge in [0.2, 0.25) is 0 Å². The number of rotatable bonds is 2. The lowest BCUT2D eigenvalue weighted by Gasteiger charge is -2.06. The molecule has 0 N–H and O–H groups in total. The van der Waals surface area contributed by atoms with Gasteiger partial charge in [-0.05, 0) is 69.1 Å². The molecule has 0 fully saturated rings. The zero-order valence-electron chi connectivity index (χ0n) is 14.8. The lowest BCUT2D eigenvalue weighted by Crippen LogP contribution is -2.16. The molecule has 0 aromatic heterocycles. The Morgan fingerprint density at radius 1 is 0.600 bits per heavy atom. The summed E-state index contributed by atoms with van der Waals surface area (Å²) in [6.45, 7) is 6.80. The first-order valence-corrected chi connectivity index (χ1v) is 13.0. The second-order valence-corrected chi connectivity index (χ2v) is 13.2. The molecule has 0 spiro atoms. The van der Waals surface area contributed by atoms with Gasteiger partial charge in [0.1, 0.15) is 8.07 Å². The maximum absolute atomic E-state index is 3.42. The second kappa shape index (κ2) is 7.59. The first-order chi connectivity index (χ1) is 11.9. The van der Waals surface area contributed by atoms with Crippen molar-refractivity contribution in [2.75, 3.05) is 0 Å². The van der Waals surface area contributed by atoms with Gasteiger partial charge in [-0.2, -0.15) is 0 Å². The predicted molar refractivity (Wildman–Crippen MR) is 120 cm³/mol. The maximum atomic E-state index is 3.42. The maximum Gasteiger partial charge on any atom is 0.129 e. The van der Waals surface area contributed by atoms with E-state index in [1.807, 2.05) is 0 Å². The summed E-state index contributed by atoms with van der Waals surface area (Å²) < 4.78 is 1.26. The monoisotopic (exact) mass is 452 g/mol. The molecule has 0 unspecified atom stereocenters. The van der Waals surface area contributed by atoms with Crippen molar-refractivity contribution >= 4 is 30.7 Å². The van der Waals surface area contributed by atoms with Crippen LogP contribution in [0.15, 0.2) is 72.8 Å². The van der Waals surface area contributed by atoms with Crippen molar-refractivity contribution in [3.05, 3.63) is 81.9 Å². The number of hydrogen-bond donors (Lipinski definition) is 0. The van der Waals surface area contributed by atoms with Crippen molar-refractivity contribution in [3.63, 3.8) is 0 Å². The van der Waals surface area contributed by atoms with Crippen molar-refractivity contribution in [2.45, 2.75) is 19.6 Å². The van der Waals surface area contributed by atoms with Gasteiger partial charge in [0.15, 0.2) is 0 Å². The van der Waals surface area contributed by atoms with Crippen molar-refractivity contribution in [1.29, 1.82) is 0 Å². The Balaban J connectivity index is 1.80. The van der Waals surface area contributed by atoms with Crippen LogP contribution < -0.4 is 0 Å². The van der Waals surface area contributed by atoms with E-state index in [4.69, 9.17) is 0 Å². The molecular weight excluding hydrogens is 431 g/mol. The summed E-state index contributed by atoms with van der Waals surface area (Å²) in [6.07, 6.45) is 0. The van der Waals surface area contributed by atoms with E-state index in [9.17, 15) is 0 Å². The Hall–Kier alpha value is -1.83. The lowest BCUT2D eigenvalue weighted by molar-refractivity contribution is 1.57. The molecule has 0 amide bonds. The van der Waals surface area contributed by atoms with Crippen LogP contribution in [0.4, 0.5) is 0 Å². The third-order valence-electron chi connectivity index (χ3n) is 3.86. The summed E-state index contributed by atoms with van der Waals surface area (Å²) in [5, 5.41) is 0. The molecule has 0 radical (unpaired) electrons. The van der Waals surface area contributed by atoms with Crippen LogP contribution in [0.3, 0.4) is 0 Å². The van der Waals surface area contributed by atoms with E-state index < -0.39 is 8.07 Å². The van der Waals surface area contributed by atoms with E-state index in [0.29, 0.717) is 0 Å². The smallest absolute Gasteiger partial charge is 0.127 e. The molecule has 0 nitrogen and oxygen atoms in total. The molecule has 0 aliphatic carbocycles. The molecule has 3 aromatic rings. The minimum Gasteiger partial charge on any atom is -0.127 e. The van der Waals surface area contributed by atoms with Crippen molar-refractivity contribution in [1.82, 2.24) is 0 Å². The second-order valence-electron chi connectivity index (χ2n) is 7.16. The average Bonchev–Trinajstić information content (AvgIpc) is 2.61. The number of hydrogen-bond acceptors (Lipinski definition) is 0. The Labute approximate surface area is 165 Å². The van der Waals surface area contributed by atoms with Gasteiger partial charge in [0, 0.05) is 9.13 Å². The topological polar surface area (TPSA) is 0 Å². The molecule has 25 heavy (non-hydrogen) atoms. The standard InChI is InChI=1S/C23H21ISi/c1-25(2,3)17-16-18-4-6-19(7-5-18)20-8-10-21(11-9-20)22-12-14-23(24)15-13-22/h4-15H,1-3H3. The van der Waals surface area contributed by atoms with E-state index >= 15 is 0 Å². The highest BCUT2D eigenvalue weighted by Gasteiger charge is 2.07. The fourth-order valence-corrected chi connectivity index (χ4v) is 3.38. The third-order valence-corrected chi connectivity index (χ3v) is 5.46. The molecule has 2 heteroatoms. The van der Waals surface area contributed by atoms with Crippen LogP contribution in [-0.2, 0) is 0 Å². The highest BCUT2D eigenvalue weighted by atomic mass is 127. The van der Waals surface area contributed by atoms with Crippen molar-refractivity contribution in [3.8, 4) is 33.7 Å². The van der Waals surface area contributed by atoms with Crippen LogP contribution in [0.5, 0.6) is 0 Å². The zero-order valence-corrected chi connectivity index (χ0v) is 18.0. The first-order valence-electron chi connectivity index (χ1n) is 8.40. The largest absolute Gasteiger partial charge is 0.129 e. The van der Waals surface area contributed by atoms with Crippen molar-refractivity contribution in [2.24, 2.45) is 0 Å². The van der Waals surface area contributed by atoms with E-state index in [1.165, 1.54) is 25.8 Å². The molecular formula is C23H21ISi. The molecule has 0 saturated heterocycles. The highest BCUT2D eigenvalue weighted by Crippen LogP contribution is 2.25. The van der Waals surface area contributed by atoms with E-state index in [1.54, 1.807) is 0 Å². The first kappa shape index (κ1) is 18.0. The Morgan fingerprint density at radius 2 is 0.960 bits per heavy atom. The van der Waals surface area contributed by atoms with Gasteiger partial charge < -0.3 is 0 Å². The van der Waals surface area contributed by atoms with E-state index in [2.05, 4.69) is 126 Å². The minimum atomic E-state index is -1.32. The fraction of sp³-hybridized carbons (Fsp3) is 0.130. The van der Waals surface area contributed by atoms with Crippen LogP contribution in [0.1, 0.15) is 5.56 Å². The van der Waals surface area contributed by atoms with Crippen LogP contribution in [0, 0.1) is 15.0 Å². The molecule has 0 saturated carbocycles. The summed E-state index contributed by atoms with van der Waals surface area (Å²) in [6, 6.07) is 26.0. The molecule has 3 rings (SSSR count). The number of benzene rings is 3. The van der Waals surface area contributed by atoms with Gasteiger partial charge >= 0.3 is 0 Å². The molecule has 124 valence electrons. The highest BCUT2D eigenvalue weighted by molar-refractivity contribution is 14.1. The summed E-state index contributed by atoms with van der Waals surface area (Å²) in [4.78, 5) is 0. The molecule has 3 aromatic carbocycles. The summed E-state index contributed by atoms with van der Waals surface area (Å²) >= 11 is 2.33. The SMILES string of the molecule is C[Si](C)(C)C#Cc1ccc(-c2ccc(-c3ccc(I)cc3)cc2)cc1. The average molecular weight is 452 g/mol. The molecule has 0 bridgehead atoms. The molecule has 0 atom stereocenters. The molecule has 0 aliphatic heterocycles. The lowest BCUT2D eigenvalue weighted by atomic mass is 10.00. The number of halogens is 1. The predicted octanol–water partition coefficient (Wildman–Crippen LogP) is 6.85. The quantitative estimate of drug-likeness (QED) is 0.227. The van der Waals surface area contributed by atoms with Gasteiger partial charge in [0.05, 0.1) is 0 Å². The van der Waals surface area contributed by atoms with Gasteiger partial charge in [0.25, 0.3) is 0 Å². The Bertz CT molecular complexity index is 904. The Morgan fingerprint density at radius 3 is 1.36 bits per heavy atom. The summed E-state index contributed by atoms with van der Waals surface area (Å²) in [7, 11) is -1.32. The van der Waals surface area contributed by atoms with Crippen LogP contribution in [-0.4, -0.2) is 8.07 Å². The van der Waals surface area contributed by atoms with Crippen LogP contribution >= 0.6 is 22.6 Å². The van der Waals surface area contributed by atoms with Crippen LogP contribution in [0.2, 0.25) is 19.6 Å². The minimum absolute atomic E-state index is 1.10. The third kappa shape index (κ3) is 5.07. The zero-order chi connectivity index (χ0) is 17.9. The molecule has 0 aliphatic rings. The summed E-state index contributed by atoms with van der Waals surface area (Å²) in [5.74, 6) is 3.31. The van der Waals surface area contributed by atoms with E-state index in [0.717, 1.165) is 5.56 Å². The van der Waals surface area contributed by atoms with E-state index in [-0.39, 0.29) is 0 Å².